The molecule has 1 fully saturated rings. The number of nitrogens with one attached hydrogen (secondary N) is 1. The van der Waals surface area contributed by atoms with Gasteiger partial charge < -0.3 is 10.1 Å². The highest BCUT2D eigenvalue weighted by atomic mass is 35.5. The van der Waals surface area contributed by atoms with E-state index in [9.17, 15) is 14.4 Å². The van der Waals surface area contributed by atoms with Crippen molar-refractivity contribution in [3.8, 4) is 5.75 Å². The van der Waals surface area contributed by atoms with Crippen LogP contribution in [0.1, 0.15) is 12.5 Å². The Morgan fingerprint density at radius 3 is 2.61 bits per heavy atom. The highest BCUT2D eigenvalue weighted by Gasteiger charge is 2.55. The number of rotatable bonds is 6. The molecule has 0 bridgehead atoms. The molecule has 2 aromatic carbocycles. The molecule has 10 heteroatoms. The van der Waals surface area contributed by atoms with Gasteiger partial charge in [0.15, 0.2) is 12.1 Å². The molecular formula is C21H20ClN5O4. The number of hydrogen-bond donors (Lipinski definition) is 1. The summed E-state index contributed by atoms with van der Waals surface area (Å²) in [5, 5.41) is 12.3. The van der Waals surface area contributed by atoms with Gasteiger partial charge in [-0.2, -0.15) is 5.11 Å². The molecule has 2 aromatic rings. The van der Waals surface area contributed by atoms with Gasteiger partial charge in [-0.15, -0.1) is 0 Å². The lowest BCUT2D eigenvalue weighted by Gasteiger charge is -2.20. The van der Waals surface area contributed by atoms with Crippen molar-refractivity contribution in [2.75, 3.05) is 23.4 Å². The van der Waals surface area contributed by atoms with Gasteiger partial charge >= 0.3 is 0 Å². The Kier molecular flexibility index (Phi) is 5.60. The summed E-state index contributed by atoms with van der Waals surface area (Å²) in [5.41, 5.74) is 1.82. The normalized spacial score (nSPS) is 19.7. The smallest absolute Gasteiger partial charge is 0.263 e. The lowest BCUT2D eigenvalue weighted by atomic mass is 10.1. The quantitative estimate of drug-likeness (QED) is 0.694. The van der Waals surface area contributed by atoms with Gasteiger partial charge in [-0.05, 0) is 55.8 Å². The van der Waals surface area contributed by atoms with Crippen LogP contribution in [-0.4, -0.2) is 48.0 Å². The Morgan fingerprint density at radius 1 is 1.16 bits per heavy atom. The van der Waals surface area contributed by atoms with Crippen LogP contribution in [0.5, 0.6) is 5.75 Å². The lowest BCUT2D eigenvalue weighted by Crippen LogP contribution is -2.43. The summed E-state index contributed by atoms with van der Waals surface area (Å²) in [6.07, 6.45) is 0. The minimum Gasteiger partial charge on any atom is -0.494 e. The zero-order valence-corrected chi connectivity index (χ0v) is 17.7. The molecule has 9 nitrogen and oxygen atoms in total. The third-order valence-corrected chi connectivity index (χ3v) is 5.28. The molecule has 3 amide bonds. The van der Waals surface area contributed by atoms with E-state index < -0.39 is 29.8 Å². The summed E-state index contributed by atoms with van der Waals surface area (Å²) < 4.78 is 5.39. The van der Waals surface area contributed by atoms with Crippen LogP contribution in [0.25, 0.3) is 0 Å². The number of halogens is 1. The Morgan fingerprint density at radius 2 is 1.90 bits per heavy atom. The Labute approximate surface area is 183 Å². The van der Waals surface area contributed by atoms with Gasteiger partial charge in [-0.3, -0.25) is 19.4 Å². The molecule has 1 N–H and O–H groups in total. The van der Waals surface area contributed by atoms with Crippen LogP contribution >= 0.6 is 11.6 Å². The first-order valence-electron chi connectivity index (χ1n) is 9.73. The SMILES string of the molecule is CCOc1ccc(N2C(=O)[C@H]3N=NN(CC(=O)Nc4cc(Cl)ccc4C)[C@H]3C2=O)cc1. The van der Waals surface area contributed by atoms with Crippen molar-refractivity contribution < 1.29 is 19.1 Å². The number of imide groups is 1. The first-order chi connectivity index (χ1) is 14.9. The van der Waals surface area contributed by atoms with E-state index in [1.807, 2.05) is 13.8 Å². The second kappa shape index (κ2) is 8.35. The number of ether oxygens (including phenoxy) is 1. The van der Waals surface area contributed by atoms with Crippen molar-refractivity contribution in [2.24, 2.45) is 10.3 Å². The molecule has 2 heterocycles. The number of amides is 3. The zero-order valence-electron chi connectivity index (χ0n) is 16.9. The van der Waals surface area contributed by atoms with E-state index in [4.69, 9.17) is 16.3 Å². The van der Waals surface area contributed by atoms with Crippen molar-refractivity contribution in [2.45, 2.75) is 25.9 Å². The average Bonchev–Trinajstić information content (AvgIpc) is 3.25. The highest BCUT2D eigenvalue weighted by molar-refractivity contribution is 6.31. The zero-order chi connectivity index (χ0) is 22.1. The topological polar surface area (TPSA) is 104 Å². The Balaban J connectivity index is 1.47. The van der Waals surface area contributed by atoms with E-state index in [0.717, 1.165) is 10.5 Å². The molecular weight excluding hydrogens is 422 g/mol. The van der Waals surface area contributed by atoms with Crippen LogP contribution in [0.3, 0.4) is 0 Å². The summed E-state index contributed by atoms with van der Waals surface area (Å²) in [4.78, 5) is 39.4. The van der Waals surface area contributed by atoms with Crippen molar-refractivity contribution >= 4 is 40.7 Å². The minimum atomic E-state index is -0.972. The molecule has 0 spiro atoms. The van der Waals surface area contributed by atoms with Crippen LogP contribution < -0.4 is 15.0 Å². The molecule has 0 saturated carbocycles. The van der Waals surface area contributed by atoms with Crippen molar-refractivity contribution in [1.82, 2.24) is 5.01 Å². The number of benzene rings is 2. The molecule has 0 aliphatic carbocycles. The summed E-state index contributed by atoms with van der Waals surface area (Å²) in [6.45, 7) is 3.99. The molecule has 160 valence electrons. The van der Waals surface area contributed by atoms with Gasteiger partial charge in [0.2, 0.25) is 5.91 Å². The summed E-state index contributed by atoms with van der Waals surface area (Å²) >= 11 is 5.99. The standard InChI is InChI=1S/C21H20ClN5O4/c1-3-31-15-8-6-14(7-9-15)27-20(29)18-19(21(27)30)26(25-24-18)11-17(28)23-16-10-13(22)5-4-12(16)2/h4-10,18-19H,3,11H2,1-2H3,(H,23,28)/t18-,19+/m0/s1. The van der Waals surface area contributed by atoms with Crippen LogP contribution in [-0.2, 0) is 14.4 Å². The van der Waals surface area contributed by atoms with Gasteiger partial charge in [0.05, 0.1) is 12.3 Å². The number of nitrogens with zero attached hydrogens (tertiary/aromatic N) is 4. The van der Waals surface area contributed by atoms with Crippen LogP contribution in [0.2, 0.25) is 5.02 Å². The summed E-state index contributed by atoms with van der Waals surface area (Å²) in [6, 6.07) is 9.88. The van der Waals surface area contributed by atoms with Crippen LogP contribution in [0, 0.1) is 6.92 Å². The number of carbonyl (C=O) groups is 3. The Hall–Kier alpha value is -3.46. The first kappa shape index (κ1) is 20.8. The Bertz CT molecular complexity index is 1070. The van der Waals surface area contributed by atoms with Crippen LogP contribution in [0.15, 0.2) is 52.8 Å². The van der Waals surface area contributed by atoms with E-state index in [0.29, 0.717) is 28.8 Å². The third-order valence-electron chi connectivity index (χ3n) is 5.04. The second-order valence-corrected chi connectivity index (χ2v) is 7.57. The lowest BCUT2D eigenvalue weighted by molar-refractivity contribution is -0.123. The van der Waals surface area contributed by atoms with Crippen LogP contribution in [0.4, 0.5) is 11.4 Å². The number of fused-ring (bicyclic) bond motifs is 1. The second-order valence-electron chi connectivity index (χ2n) is 7.14. The molecule has 0 aromatic heterocycles. The average molecular weight is 442 g/mol. The maximum Gasteiger partial charge on any atom is 0.263 e. The van der Waals surface area contributed by atoms with E-state index in [1.165, 1.54) is 5.01 Å². The largest absolute Gasteiger partial charge is 0.494 e. The van der Waals surface area contributed by atoms with Gasteiger partial charge in [-0.1, -0.05) is 22.9 Å². The monoisotopic (exact) mass is 441 g/mol. The molecule has 31 heavy (non-hydrogen) atoms. The maximum absolute atomic E-state index is 13.0. The predicted octanol–water partition coefficient (Wildman–Crippen LogP) is 2.98. The highest BCUT2D eigenvalue weighted by Crippen LogP contribution is 2.32. The predicted molar refractivity (Wildman–Crippen MR) is 114 cm³/mol. The fraction of sp³-hybridized carbons (Fsp3) is 0.286. The fourth-order valence-electron chi connectivity index (χ4n) is 3.53. The van der Waals surface area contributed by atoms with E-state index in [2.05, 4.69) is 15.7 Å². The molecule has 0 radical (unpaired) electrons. The third kappa shape index (κ3) is 3.96. The molecule has 2 aliphatic rings. The van der Waals surface area contributed by atoms with Crippen molar-refractivity contribution in [3.05, 3.63) is 53.1 Å². The van der Waals surface area contributed by atoms with Gasteiger partial charge in [0.25, 0.3) is 11.8 Å². The number of carbonyl (C=O) groups excluding carboxylic acids is 3. The molecule has 2 atom stereocenters. The van der Waals surface area contributed by atoms with Gasteiger partial charge in [0, 0.05) is 10.7 Å². The number of aryl methyl sites for hydroxylation is 1. The van der Waals surface area contributed by atoms with Crippen molar-refractivity contribution in [3.63, 3.8) is 0 Å². The number of anilines is 2. The number of hydrogen-bond acceptors (Lipinski definition) is 7. The minimum absolute atomic E-state index is 0.229. The molecule has 1 saturated heterocycles. The van der Waals surface area contributed by atoms with Gasteiger partial charge in [-0.25, -0.2) is 4.90 Å². The van der Waals surface area contributed by atoms with Gasteiger partial charge in [0.1, 0.15) is 12.3 Å². The van der Waals surface area contributed by atoms with E-state index >= 15 is 0 Å². The maximum atomic E-state index is 13.0. The van der Waals surface area contributed by atoms with E-state index in [-0.39, 0.29) is 6.54 Å². The molecule has 2 aliphatic heterocycles. The molecule has 4 rings (SSSR count). The van der Waals surface area contributed by atoms with E-state index in [1.54, 1.807) is 42.5 Å². The summed E-state index contributed by atoms with van der Waals surface area (Å²) in [7, 11) is 0. The molecule has 0 unspecified atom stereocenters. The van der Waals surface area contributed by atoms with Crippen molar-refractivity contribution in [1.29, 1.82) is 0 Å². The first-order valence-corrected chi connectivity index (χ1v) is 10.1. The summed E-state index contributed by atoms with van der Waals surface area (Å²) in [5.74, 6) is -0.711. The fourth-order valence-corrected chi connectivity index (χ4v) is 3.70.